The predicted molar refractivity (Wildman–Crippen MR) is 81.8 cm³/mol. The van der Waals surface area contributed by atoms with Crippen LogP contribution in [-0.4, -0.2) is 0 Å². The van der Waals surface area contributed by atoms with Crippen molar-refractivity contribution in [2.24, 2.45) is 0 Å². The second-order valence-corrected chi connectivity index (χ2v) is 4.69. The Hall–Kier alpha value is -1.30. The summed E-state index contributed by atoms with van der Waals surface area (Å²) in [5.74, 6) is 0. The van der Waals surface area contributed by atoms with Crippen molar-refractivity contribution < 1.29 is 0 Å². The highest BCUT2D eigenvalue weighted by Gasteiger charge is 1.87. The topological polar surface area (TPSA) is 0 Å². The molecule has 0 atom stereocenters. The molecule has 18 heavy (non-hydrogen) atoms. The lowest BCUT2D eigenvalue weighted by Crippen LogP contribution is -1.81. The predicted octanol–water partition coefficient (Wildman–Crippen LogP) is 5.70. The van der Waals surface area contributed by atoms with E-state index in [2.05, 4.69) is 61.6 Å². The largest absolute Gasteiger partial charge is 0.0885 e. The summed E-state index contributed by atoms with van der Waals surface area (Å²) < 4.78 is 0. The smallest absolute Gasteiger partial charge is 0.0244 e. The van der Waals surface area contributed by atoms with Crippen molar-refractivity contribution in [1.29, 1.82) is 0 Å². The number of aryl methyl sites for hydroxylation is 1. The third-order valence-electron chi connectivity index (χ3n) is 3.00. The highest BCUT2D eigenvalue weighted by molar-refractivity contribution is 5.15. The lowest BCUT2D eigenvalue weighted by molar-refractivity contribution is 0.811. The summed E-state index contributed by atoms with van der Waals surface area (Å²) in [5, 5.41) is 0. The molecule has 0 bridgehead atoms. The number of unbranched alkanes of at least 4 members (excludes halogenated alkanes) is 3. The monoisotopic (exact) mass is 242 g/mol. The van der Waals surface area contributed by atoms with Gasteiger partial charge < -0.3 is 0 Å². The minimum absolute atomic E-state index is 1.16. The first kappa shape index (κ1) is 14.8. The number of hydrogen-bond donors (Lipinski definition) is 0. The van der Waals surface area contributed by atoms with Crippen molar-refractivity contribution in [3.63, 3.8) is 0 Å². The van der Waals surface area contributed by atoms with Gasteiger partial charge in [0.2, 0.25) is 0 Å². The van der Waals surface area contributed by atoms with E-state index in [9.17, 15) is 0 Å². The molecule has 0 nitrogen and oxygen atoms in total. The van der Waals surface area contributed by atoms with Gasteiger partial charge in [-0.2, -0.15) is 0 Å². The summed E-state index contributed by atoms with van der Waals surface area (Å²) in [4.78, 5) is 0. The third-order valence-corrected chi connectivity index (χ3v) is 3.00. The molecule has 0 unspecified atom stereocenters. The summed E-state index contributed by atoms with van der Waals surface area (Å²) in [6.07, 6.45) is 17.8. The lowest BCUT2D eigenvalue weighted by atomic mass is 10.1. The minimum Gasteiger partial charge on any atom is -0.0885 e. The van der Waals surface area contributed by atoms with E-state index in [-0.39, 0.29) is 0 Å². The molecule has 0 saturated heterocycles. The molecule has 0 radical (unpaired) electrons. The van der Waals surface area contributed by atoms with Crippen LogP contribution in [0.15, 0.2) is 54.6 Å². The van der Waals surface area contributed by atoms with Crippen LogP contribution in [0.1, 0.15) is 51.0 Å². The molecule has 1 aromatic rings. The van der Waals surface area contributed by atoms with Gasteiger partial charge >= 0.3 is 0 Å². The molecule has 1 rings (SSSR count). The van der Waals surface area contributed by atoms with Gasteiger partial charge in [0.05, 0.1) is 0 Å². The van der Waals surface area contributed by atoms with Crippen LogP contribution in [0, 0.1) is 0 Å². The molecule has 0 heterocycles. The highest BCUT2D eigenvalue weighted by atomic mass is 13.9. The van der Waals surface area contributed by atoms with E-state index in [0.29, 0.717) is 0 Å². The van der Waals surface area contributed by atoms with Crippen LogP contribution in [0.3, 0.4) is 0 Å². The second-order valence-electron chi connectivity index (χ2n) is 4.69. The normalized spacial score (nSPS) is 11.6. The van der Waals surface area contributed by atoms with Gasteiger partial charge in [-0.1, -0.05) is 74.4 Å². The van der Waals surface area contributed by atoms with Crippen molar-refractivity contribution >= 4 is 0 Å². The third kappa shape index (κ3) is 7.89. The summed E-state index contributed by atoms with van der Waals surface area (Å²) in [6.45, 7) is 2.24. The first-order chi connectivity index (χ1) is 8.93. The number of benzene rings is 1. The fourth-order valence-corrected chi connectivity index (χ4v) is 1.88. The molecule has 0 N–H and O–H groups in total. The van der Waals surface area contributed by atoms with Crippen LogP contribution in [0.2, 0.25) is 0 Å². The Kier molecular flexibility index (Phi) is 8.88. The molecule has 0 saturated carbocycles. The number of hydrogen-bond acceptors (Lipinski definition) is 0. The summed E-state index contributed by atoms with van der Waals surface area (Å²) in [7, 11) is 0. The van der Waals surface area contributed by atoms with E-state index in [0.717, 1.165) is 12.8 Å². The van der Waals surface area contributed by atoms with Crippen molar-refractivity contribution in [2.45, 2.75) is 51.9 Å². The van der Waals surface area contributed by atoms with Crippen molar-refractivity contribution in [3.05, 3.63) is 60.2 Å². The van der Waals surface area contributed by atoms with Gasteiger partial charge in [-0.3, -0.25) is 0 Å². The number of rotatable bonds is 9. The molecule has 0 amide bonds. The van der Waals surface area contributed by atoms with Crippen LogP contribution in [0.25, 0.3) is 0 Å². The van der Waals surface area contributed by atoms with E-state index < -0.39 is 0 Å². The van der Waals surface area contributed by atoms with E-state index in [1.54, 1.807) is 0 Å². The summed E-state index contributed by atoms with van der Waals surface area (Å²) in [5.41, 5.74) is 1.43. The Morgan fingerprint density at radius 2 is 1.39 bits per heavy atom. The van der Waals surface area contributed by atoms with Gasteiger partial charge in [0.25, 0.3) is 0 Å². The van der Waals surface area contributed by atoms with E-state index in [1.165, 1.54) is 37.7 Å². The zero-order chi connectivity index (χ0) is 12.9. The zero-order valence-electron chi connectivity index (χ0n) is 11.6. The molecule has 0 aliphatic carbocycles. The first-order valence-corrected chi connectivity index (χ1v) is 7.27. The molecular weight excluding hydrogens is 216 g/mol. The van der Waals surface area contributed by atoms with Gasteiger partial charge in [0, 0.05) is 0 Å². The van der Waals surface area contributed by atoms with Gasteiger partial charge in [0.1, 0.15) is 0 Å². The molecule has 0 heteroatoms. The van der Waals surface area contributed by atoms with Crippen LogP contribution in [0.5, 0.6) is 0 Å². The lowest BCUT2D eigenvalue weighted by Gasteiger charge is -1.96. The second kappa shape index (κ2) is 10.8. The Bertz CT molecular complexity index is 332. The molecule has 0 aromatic heterocycles. The van der Waals surface area contributed by atoms with Gasteiger partial charge in [-0.15, -0.1) is 0 Å². The zero-order valence-corrected chi connectivity index (χ0v) is 11.6. The van der Waals surface area contributed by atoms with E-state index in [1.807, 2.05) is 0 Å². The van der Waals surface area contributed by atoms with Gasteiger partial charge in [0.15, 0.2) is 0 Å². The Morgan fingerprint density at radius 1 is 0.778 bits per heavy atom. The van der Waals surface area contributed by atoms with Gasteiger partial charge in [-0.05, 0) is 37.7 Å². The van der Waals surface area contributed by atoms with Crippen LogP contribution in [0.4, 0.5) is 0 Å². The molecule has 0 aliphatic rings. The van der Waals surface area contributed by atoms with Crippen molar-refractivity contribution in [3.8, 4) is 0 Å². The van der Waals surface area contributed by atoms with Crippen LogP contribution < -0.4 is 0 Å². The number of allylic oxidation sites excluding steroid dienone is 4. The molecule has 0 fully saturated rings. The fourth-order valence-electron chi connectivity index (χ4n) is 1.88. The first-order valence-electron chi connectivity index (χ1n) is 7.27. The maximum atomic E-state index is 2.32. The summed E-state index contributed by atoms with van der Waals surface area (Å²) >= 11 is 0. The molecular formula is C18H26. The molecule has 98 valence electrons. The van der Waals surface area contributed by atoms with Crippen LogP contribution >= 0.6 is 0 Å². The average molecular weight is 242 g/mol. The molecule has 0 aliphatic heterocycles. The molecule has 0 spiro atoms. The fraction of sp³-hybridized carbons (Fsp3) is 0.444. The van der Waals surface area contributed by atoms with E-state index >= 15 is 0 Å². The maximum Gasteiger partial charge on any atom is -0.0244 e. The Morgan fingerprint density at radius 3 is 2.06 bits per heavy atom. The van der Waals surface area contributed by atoms with Crippen molar-refractivity contribution in [2.75, 3.05) is 0 Å². The van der Waals surface area contributed by atoms with Crippen molar-refractivity contribution in [1.82, 2.24) is 0 Å². The minimum atomic E-state index is 1.16. The average Bonchev–Trinajstić information content (AvgIpc) is 2.42. The Labute approximate surface area is 112 Å². The van der Waals surface area contributed by atoms with Gasteiger partial charge in [-0.25, -0.2) is 0 Å². The molecule has 1 aromatic carbocycles. The SMILES string of the molecule is CCCC/C=C/CC/C=C/CCc1ccccc1. The van der Waals surface area contributed by atoms with E-state index in [4.69, 9.17) is 0 Å². The summed E-state index contributed by atoms with van der Waals surface area (Å²) in [6, 6.07) is 10.7. The van der Waals surface area contributed by atoms with Crippen LogP contribution in [-0.2, 0) is 6.42 Å². The quantitative estimate of drug-likeness (QED) is 0.385. The standard InChI is InChI=1S/C18H26/c1-2-3-4-5-6-7-8-9-10-12-15-18-16-13-11-14-17-18/h5-6,9-11,13-14,16-17H,2-4,7-8,12,15H2,1H3/b6-5+,10-9+. The maximum absolute atomic E-state index is 2.32. The highest BCUT2D eigenvalue weighted by Crippen LogP contribution is 2.04. The Balaban J connectivity index is 1.99.